The molecule has 2 N–H and O–H groups in total. The molecule has 0 aromatic heterocycles. The molecule has 2 rings (SSSR count). The van der Waals surface area contributed by atoms with Crippen LogP contribution in [-0.2, 0) is 4.79 Å². The zero-order valence-electron chi connectivity index (χ0n) is 13.1. The van der Waals surface area contributed by atoms with Crippen LogP contribution in [0.5, 0.6) is 5.75 Å². The van der Waals surface area contributed by atoms with E-state index in [9.17, 15) is 4.79 Å². The summed E-state index contributed by atoms with van der Waals surface area (Å²) in [4.78, 5) is 11.8. The Hall–Kier alpha value is -1.86. The molecule has 24 heavy (non-hydrogen) atoms. The van der Waals surface area contributed by atoms with Gasteiger partial charge in [-0.2, -0.15) is 5.10 Å². The predicted molar refractivity (Wildman–Crippen MR) is 104 cm³/mol. The van der Waals surface area contributed by atoms with Crippen LogP contribution < -0.4 is 15.5 Å². The van der Waals surface area contributed by atoms with E-state index >= 15 is 0 Å². The molecule has 0 radical (unpaired) electrons. The van der Waals surface area contributed by atoms with Crippen molar-refractivity contribution in [3.63, 3.8) is 0 Å². The van der Waals surface area contributed by atoms with Crippen molar-refractivity contribution in [3.05, 3.63) is 57.0 Å². The van der Waals surface area contributed by atoms with E-state index in [2.05, 4.69) is 47.7 Å². The van der Waals surface area contributed by atoms with Gasteiger partial charge in [0.05, 0.1) is 19.4 Å². The third-order valence-corrected chi connectivity index (χ3v) is 4.11. The van der Waals surface area contributed by atoms with Crippen LogP contribution in [0.4, 0.5) is 5.69 Å². The number of rotatable bonds is 7. The molecular weight excluding hydrogens is 438 g/mol. The maximum atomic E-state index is 11.8. The molecule has 1 amide bonds. The van der Waals surface area contributed by atoms with E-state index in [1.807, 2.05) is 49.4 Å². The minimum absolute atomic E-state index is 0.126. The average molecular weight is 455 g/mol. The lowest BCUT2D eigenvalue weighted by molar-refractivity contribution is -0.119. The summed E-state index contributed by atoms with van der Waals surface area (Å²) >= 11 is 6.81. The third-order valence-electron chi connectivity index (χ3n) is 2.96. The van der Waals surface area contributed by atoms with E-state index in [1.54, 1.807) is 6.21 Å². The molecule has 7 heteroatoms. The second-order valence-corrected chi connectivity index (χ2v) is 6.54. The van der Waals surface area contributed by atoms with Gasteiger partial charge in [-0.15, -0.1) is 0 Å². The molecule has 0 unspecified atom stereocenters. The van der Waals surface area contributed by atoms with Crippen LogP contribution in [0.1, 0.15) is 12.5 Å². The van der Waals surface area contributed by atoms with Gasteiger partial charge in [0.25, 0.3) is 5.91 Å². The van der Waals surface area contributed by atoms with Crippen LogP contribution in [-0.4, -0.2) is 25.3 Å². The molecule has 0 aliphatic heterocycles. The van der Waals surface area contributed by atoms with Crippen molar-refractivity contribution < 1.29 is 9.53 Å². The predicted octanol–water partition coefficient (Wildman–Crippen LogP) is 4.17. The van der Waals surface area contributed by atoms with Crippen LogP contribution in [0.25, 0.3) is 0 Å². The molecule has 0 aliphatic rings. The number of carbonyl (C=O) groups is 1. The van der Waals surface area contributed by atoms with Crippen molar-refractivity contribution in [2.45, 2.75) is 6.92 Å². The van der Waals surface area contributed by atoms with E-state index in [4.69, 9.17) is 4.74 Å². The summed E-state index contributed by atoms with van der Waals surface area (Å²) in [5, 5.41) is 6.98. The first kappa shape index (κ1) is 18.5. The molecule has 0 atom stereocenters. The topological polar surface area (TPSA) is 62.7 Å². The number of anilines is 1. The molecule has 5 nitrogen and oxygen atoms in total. The first-order valence-corrected chi connectivity index (χ1v) is 8.90. The monoisotopic (exact) mass is 453 g/mol. The fourth-order valence-corrected chi connectivity index (χ4v) is 3.03. The van der Waals surface area contributed by atoms with E-state index in [-0.39, 0.29) is 12.5 Å². The standard InChI is InChI=1S/C17H17Br2N3O2/c1-2-24-14-6-3-12(4-7-14)10-21-22-17(23)11-20-16-8-5-13(18)9-15(16)19/h3-10,20H,2,11H2,1H3,(H,22,23). The average Bonchev–Trinajstić information content (AvgIpc) is 2.56. The van der Waals surface area contributed by atoms with Gasteiger partial charge in [0, 0.05) is 14.6 Å². The molecule has 0 fully saturated rings. The lowest BCUT2D eigenvalue weighted by atomic mass is 10.2. The summed E-state index contributed by atoms with van der Waals surface area (Å²) in [6, 6.07) is 13.2. The maximum Gasteiger partial charge on any atom is 0.259 e. The first-order chi connectivity index (χ1) is 11.6. The van der Waals surface area contributed by atoms with Crippen LogP contribution in [0.15, 0.2) is 56.5 Å². The molecule has 0 bridgehead atoms. The summed E-state index contributed by atoms with van der Waals surface area (Å²) in [5.41, 5.74) is 4.20. The molecule has 0 spiro atoms. The van der Waals surface area contributed by atoms with Crippen molar-refractivity contribution >= 4 is 49.7 Å². The smallest absolute Gasteiger partial charge is 0.259 e. The van der Waals surface area contributed by atoms with Gasteiger partial charge in [-0.05, 0) is 70.9 Å². The van der Waals surface area contributed by atoms with Crippen molar-refractivity contribution in [2.24, 2.45) is 5.10 Å². The number of hydrogen-bond acceptors (Lipinski definition) is 4. The maximum absolute atomic E-state index is 11.8. The molecule has 0 saturated carbocycles. The van der Waals surface area contributed by atoms with Gasteiger partial charge in [0.2, 0.25) is 0 Å². The SMILES string of the molecule is CCOc1ccc(C=NNC(=O)CNc2ccc(Br)cc2Br)cc1. The Bertz CT molecular complexity index is 718. The Labute approximate surface area is 157 Å². The number of nitrogens with zero attached hydrogens (tertiary/aromatic N) is 1. The number of carbonyl (C=O) groups excluding carboxylic acids is 1. The summed E-state index contributed by atoms with van der Waals surface area (Å²) in [5.74, 6) is 0.579. The zero-order chi connectivity index (χ0) is 17.4. The summed E-state index contributed by atoms with van der Waals surface area (Å²) in [7, 11) is 0. The van der Waals surface area contributed by atoms with E-state index in [0.29, 0.717) is 6.61 Å². The summed E-state index contributed by atoms with van der Waals surface area (Å²) in [6.45, 7) is 2.69. The first-order valence-electron chi connectivity index (χ1n) is 7.32. The van der Waals surface area contributed by atoms with Gasteiger partial charge in [0.1, 0.15) is 5.75 Å². The largest absolute Gasteiger partial charge is 0.494 e. The second-order valence-electron chi connectivity index (χ2n) is 4.77. The second kappa shape index (κ2) is 9.44. The lowest BCUT2D eigenvalue weighted by Crippen LogP contribution is -2.26. The Morgan fingerprint density at radius 2 is 1.96 bits per heavy atom. The summed E-state index contributed by atoms with van der Waals surface area (Å²) in [6.07, 6.45) is 1.59. The molecule has 0 aliphatic carbocycles. The van der Waals surface area contributed by atoms with Crippen molar-refractivity contribution in [3.8, 4) is 5.75 Å². The number of nitrogens with one attached hydrogen (secondary N) is 2. The summed E-state index contributed by atoms with van der Waals surface area (Å²) < 4.78 is 7.20. The Morgan fingerprint density at radius 3 is 2.62 bits per heavy atom. The fraction of sp³-hybridized carbons (Fsp3) is 0.176. The van der Waals surface area contributed by atoms with Crippen molar-refractivity contribution in [1.29, 1.82) is 0 Å². The third kappa shape index (κ3) is 5.98. The van der Waals surface area contributed by atoms with E-state index < -0.39 is 0 Å². The molecule has 2 aromatic rings. The van der Waals surface area contributed by atoms with Gasteiger partial charge in [0.15, 0.2) is 0 Å². The molecular formula is C17H17Br2N3O2. The van der Waals surface area contributed by atoms with Gasteiger partial charge in [-0.25, -0.2) is 5.43 Å². The van der Waals surface area contributed by atoms with Crippen molar-refractivity contribution in [2.75, 3.05) is 18.5 Å². The van der Waals surface area contributed by atoms with Gasteiger partial charge >= 0.3 is 0 Å². The van der Waals surface area contributed by atoms with Crippen molar-refractivity contribution in [1.82, 2.24) is 5.43 Å². The quantitative estimate of drug-likeness (QED) is 0.487. The highest BCUT2D eigenvalue weighted by Crippen LogP contribution is 2.25. The minimum atomic E-state index is -0.230. The highest BCUT2D eigenvalue weighted by atomic mass is 79.9. The Balaban J connectivity index is 1.80. The Morgan fingerprint density at radius 1 is 1.21 bits per heavy atom. The van der Waals surface area contributed by atoms with Gasteiger partial charge in [-0.3, -0.25) is 4.79 Å². The highest BCUT2D eigenvalue weighted by molar-refractivity contribution is 9.11. The molecule has 0 saturated heterocycles. The molecule has 0 heterocycles. The zero-order valence-corrected chi connectivity index (χ0v) is 16.2. The molecule has 126 valence electrons. The minimum Gasteiger partial charge on any atom is -0.494 e. The van der Waals surface area contributed by atoms with Crippen LogP contribution in [0, 0.1) is 0 Å². The highest BCUT2D eigenvalue weighted by Gasteiger charge is 2.03. The Kier molecular flexibility index (Phi) is 7.27. The normalized spacial score (nSPS) is 10.6. The number of hydrogen-bond donors (Lipinski definition) is 2. The fourth-order valence-electron chi connectivity index (χ4n) is 1.84. The number of amides is 1. The van der Waals surface area contributed by atoms with Crippen LogP contribution in [0.2, 0.25) is 0 Å². The van der Waals surface area contributed by atoms with E-state index in [0.717, 1.165) is 25.9 Å². The number of hydrazone groups is 1. The number of benzene rings is 2. The number of ether oxygens (including phenoxy) is 1. The molecule has 2 aromatic carbocycles. The lowest BCUT2D eigenvalue weighted by Gasteiger charge is -2.07. The van der Waals surface area contributed by atoms with Crippen LogP contribution in [0.3, 0.4) is 0 Å². The van der Waals surface area contributed by atoms with E-state index in [1.165, 1.54) is 0 Å². The van der Waals surface area contributed by atoms with Crippen LogP contribution >= 0.6 is 31.9 Å². The number of halogens is 2. The van der Waals surface area contributed by atoms with Gasteiger partial charge in [-0.1, -0.05) is 15.9 Å². The van der Waals surface area contributed by atoms with Gasteiger partial charge < -0.3 is 10.1 Å².